The first-order chi connectivity index (χ1) is 14.3. The number of fused-ring (bicyclic) bond motifs is 1. The monoisotopic (exact) mass is 448 g/mol. The van der Waals surface area contributed by atoms with Crippen molar-refractivity contribution in [3.63, 3.8) is 0 Å². The van der Waals surface area contributed by atoms with Crippen LogP contribution >= 0.6 is 11.3 Å². The molecule has 1 aliphatic heterocycles. The number of carbonyl (C=O) groups excluding carboxylic acids is 1. The smallest absolute Gasteiger partial charge is 0.233 e. The molecule has 2 aromatic heterocycles. The molecule has 1 amide bonds. The summed E-state index contributed by atoms with van der Waals surface area (Å²) < 4.78 is 40.1. The summed E-state index contributed by atoms with van der Waals surface area (Å²) in [4.78, 5) is 23.7. The molecule has 1 fully saturated rings. The predicted molar refractivity (Wildman–Crippen MR) is 114 cm³/mol. The van der Waals surface area contributed by atoms with Crippen LogP contribution in [0.2, 0.25) is 0 Å². The van der Waals surface area contributed by atoms with Crippen LogP contribution < -0.4 is 4.90 Å². The number of benzene rings is 1. The van der Waals surface area contributed by atoms with Crippen molar-refractivity contribution in [3.8, 4) is 0 Å². The number of carbonyl (C=O) groups is 1. The Labute approximate surface area is 178 Å². The molecular formula is C20H21FN4O3S2. The number of rotatable bonds is 5. The molecule has 4 rings (SSSR count). The second-order valence-electron chi connectivity index (χ2n) is 7.29. The minimum absolute atomic E-state index is 0.135. The van der Waals surface area contributed by atoms with Crippen LogP contribution in [-0.2, 0) is 21.4 Å². The number of sulfonamides is 1. The highest BCUT2D eigenvalue weighted by Gasteiger charge is 2.34. The van der Waals surface area contributed by atoms with Crippen LogP contribution in [0.4, 0.5) is 9.52 Å². The fraction of sp³-hybridized carbons (Fsp3) is 0.350. The minimum Gasteiger partial charge on any atom is -0.282 e. The van der Waals surface area contributed by atoms with Gasteiger partial charge in [-0.15, -0.1) is 0 Å². The van der Waals surface area contributed by atoms with E-state index in [1.807, 2.05) is 6.07 Å². The summed E-state index contributed by atoms with van der Waals surface area (Å²) in [5.74, 6) is -1.16. The van der Waals surface area contributed by atoms with E-state index in [2.05, 4.69) is 9.97 Å². The van der Waals surface area contributed by atoms with Gasteiger partial charge in [-0.3, -0.25) is 14.7 Å². The topological polar surface area (TPSA) is 83.5 Å². The number of anilines is 1. The molecule has 30 heavy (non-hydrogen) atoms. The van der Waals surface area contributed by atoms with Crippen LogP contribution in [0.1, 0.15) is 18.5 Å². The van der Waals surface area contributed by atoms with Crippen molar-refractivity contribution in [2.45, 2.75) is 19.4 Å². The fourth-order valence-electron chi connectivity index (χ4n) is 3.58. The lowest BCUT2D eigenvalue weighted by Gasteiger charge is -2.32. The van der Waals surface area contributed by atoms with Gasteiger partial charge in [0.15, 0.2) is 5.13 Å². The van der Waals surface area contributed by atoms with Gasteiger partial charge < -0.3 is 0 Å². The van der Waals surface area contributed by atoms with E-state index >= 15 is 0 Å². The molecule has 1 atom stereocenters. The molecule has 7 nitrogen and oxygen atoms in total. The summed E-state index contributed by atoms with van der Waals surface area (Å²) in [6, 6.07) is 10.1. The fourth-order valence-corrected chi connectivity index (χ4v) is 5.47. The average Bonchev–Trinajstić information content (AvgIpc) is 3.17. The maximum atomic E-state index is 14.2. The zero-order chi connectivity index (χ0) is 21.3. The summed E-state index contributed by atoms with van der Waals surface area (Å²) in [6.07, 6.45) is 3.99. The Morgan fingerprint density at radius 1 is 1.30 bits per heavy atom. The average molecular weight is 449 g/mol. The number of pyridine rings is 1. The molecule has 3 heterocycles. The van der Waals surface area contributed by atoms with Gasteiger partial charge in [0.05, 0.1) is 29.1 Å². The third kappa shape index (κ3) is 4.35. The van der Waals surface area contributed by atoms with Gasteiger partial charge in [-0.2, -0.15) is 0 Å². The Bertz CT molecular complexity index is 1170. The zero-order valence-electron chi connectivity index (χ0n) is 16.4. The molecule has 0 saturated carbocycles. The molecule has 158 valence electrons. The van der Waals surface area contributed by atoms with E-state index in [0.29, 0.717) is 34.9 Å². The number of piperidine rings is 1. The molecular weight excluding hydrogens is 427 g/mol. The molecule has 1 saturated heterocycles. The van der Waals surface area contributed by atoms with Crippen LogP contribution in [0.3, 0.4) is 0 Å². The summed E-state index contributed by atoms with van der Waals surface area (Å²) in [6.45, 7) is 0.724. The van der Waals surface area contributed by atoms with Crippen molar-refractivity contribution in [2.24, 2.45) is 5.92 Å². The number of hydrogen-bond donors (Lipinski definition) is 0. The van der Waals surface area contributed by atoms with Crippen molar-refractivity contribution in [1.29, 1.82) is 0 Å². The molecule has 0 spiro atoms. The first-order valence-electron chi connectivity index (χ1n) is 9.54. The summed E-state index contributed by atoms with van der Waals surface area (Å²) in [5.41, 5.74) is 0.888. The van der Waals surface area contributed by atoms with Crippen molar-refractivity contribution < 1.29 is 17.6 Å². The Balaban J connectivity index is 1.69. The van der Waals surface area contributed by atoms with E-state index in [4.69, 9.17) is 0 Å². The van der Waals surface area contributed by atoms with Crippen molar-refractivity contribution in [2.75, 3.05) is 24.2 Å². The van der Waals surface area contributed by atoms with Crippen LogP contribution in [-0.4, -0.2) is 47.9 Å². The molecule has 3 aromatic rings. The van der Waals surface area contributed by atoms with Crippen molar-refractivity contribution in [1.82, 2.24) is 14.3 Å². The number of aromatic nitrogens is 2. The lowest BCUT2D eigenvalue weighted by molar-refractivity contribution is -0.123. The quantitative estimate of drug-likeness (QED) is 0.599. The van der Waals surface area contributed by atoms with E-state index in [9.17, 15) is 17.6 Å². The first-order valence-corrected chi connectivity index (χ1v) is 12.2. The number of hydrogen-bond acceptors (Lipinski definition) is 6. The molecule has 1 unspecified atom stereocenters. The lowest BCUT2D eigenvalue weighted by Crippen LogP contribution is -2.46. The van der Waals surface area contributed by atoms with Gasteiger partial charge in [0.2, 0.25) is 15.9 Å². The van der Waals surface area contributed by atoms with Gasteiger partial charge in [-0.05, 0) is 37.1 Å². The normalized spacial score (nSPS) is 17.9. The predicted octanol–water partition coefficient (Wildman–Crippen LogP) is 3.04. The zero-order valence-corrected chi connectivity index (χ0v) is 18.0. The Hall–Kier alpha value is -2.43. The highest BCUT2D eigenvalue weighted by atomic mass is 32.2. The summed E-state index contributed by atoms with van der Waals surface area (Å²) in [5, 5.41) is 0.377. The maximum absolute atomic E-state index is 14.2. The second kappa shape index (κ2) is 8.37. The van der Waals surface area contributed by atoms with E-state index in [-0.39, 0.29) is 24.5 Å². The Morgan fingerprint density at radius 2 is 2.13 bits per heavy atom. The van der Waals surface area contributed by atoms with Gasteiger partial charge in [0.25, 0.3) is 0 Å². The SMILES string of the molecule is CS(=O)(=O)N1CCCC(C(=O)N(Cc2ccccn2)c2nc3c(F)cccc3s2)C1. The Morgan fingerprint density at radius 3 is 2.83 bits per heavy atom. The highest BCUT2D eigenvalue weighted by Crippen LogP contribution is 2.33. The van der Waals surface area contributed by atoms with Crippen molar-refractivity contribution >= 4 is 42.6 Å². The molecule has 10 heteroatoms. The maximum Gasteiger partial charge on any atom is 0.233 e. The van der Waals surface area contributed by atoms with Crippen LogP contribution in [0.5, 0.6) is 0 Å². The van der Waals surface area contributed by atoms with Crippen LogP contribution in [0, 0.1) is 11.7 Å². The number of halogens is 1. The van der Waals surface area contributed by atoms with Gasteiger partial charge in [-0.25, -0.2) is 22.1 Å². The Kier molecular flexibility index (Phi) is 5.81. The second-order valence-corrected chi connectivity index (χ2v) is 10.3. The first kappa shape index (κ1) is 20.8. The summed E-state index contributed by atoms with van der Waals surface area (Å²) in [7, 11) is -3.38. The third-order valence-corrected chi connectivity index (χ3v) is 7.42. The molecule has 1 aliphatic rings. The largest absolute Gasteiger partial charge is 0.282 e. The third-order valence-electron chi connectivity index (χ3n) is 5.10. The lowest BCUT2D eigenvalue weighted by atomic mass is 9.98. The standard InChI is InChI=1S/C20H21FN4O3S2/c1-30(27,28)24-11-5-6-14(12-24)19(26)25(13-15-7-2-3-10-22-15)20-23-18-16(21)8-4-9-17(18)29-20/h2-4,7-10,14H,5-6,11-13H2,1H3. The molecule has 0 radical (unpaired) electrons. The number of amides is 1. The summed E-state index contributed by atoms with van der Waals surface area (Å²) >= 11 is 1.23. The van der Waals surface area contributed by atoms with E-state index in [1.165, 1.54) is 26.6 Å². The van der Waals surface area contributed by atoms with Crippen LogP contribution in [0.25, 0.3) is 10.2 Å². The van der Waals surface area contributed by atoms with Gasteiger partial charge in [0.1, 0.15) is 11.3 Å². The van der Waals surface area contributed by atoms with Gasteiger partial charge in [-0.1, -0.05) is 23.5 Å². The number of nitrogens with zero attached hydrogens (tertiary/aromatic N) is 4. The van der Waals surface area contributed by atoms with Gasteiger partial charge >= 0.3 is 0 Å². The number of thiazole rings is 1. The van der Waals surface area contributed by atoms with Crippen molar-refractivity contribution in [3.05, 3.63) is 54.1 Å². The molecule has 0 N–H and O–H groups in total. The van der Waals surface area contributed by atoms with Gasteiger partial charge in [0, 0.05) is 19.3 Å². The van der Waals surface area contributed by atoms with E-state index in [0.717, 1.165) is 6.26 Å². The minimum atomic E-state index is -3.38. The molecule has 0 bridgehead atoms. The number of para-hydroxylation sites is 1. The van der Waals surface area contributed by atoms with E-state index < -0.39 is 21.8 Å². The molecule has 1 aromatic carbocycles. The highest BCUT2D eigenvalue weighted by molar-refractivity contribution is 7.88. The molecule has 0 aliphatic carbocycles. The van der Waals surface area contributed by atoms with Crippen LogP contribution in [0.15, 0.2) is 42.6 Å². The van der Waals surface area contributed by atoms with E-state index in [1.54, 1.807) is 30.5 Å².